The second kappa shape index (κ2) is 9.53. The second-order valence-corrected chi connectivity index (χ2v) is 7.53. The maximum Gasteiger partial charge on any atom is 0.277 e. The number of imidazole rings is 1. The summed E-state index contributed by atoms with van der Waals surface area (Å²) in [7, 11) is 3.30. The fourth-order valence-electron chi connectivity index (χ4n) is 2.70. The van der Waals surface area contributed by atoms with Gasteiger partial charge in [-0.15, -0.1) is 0 Å². The molecule has 3 rings (SSSR count). The summed E-state index contributed by atoms with van der Waals surface area (Å²) in [5.74, 6) is -1.26. The van der Waals surface area contributed by atoms with Crippen LogP contribution in [-0.2, 0) is 16.6 Å². The number of nitrogens with one attached hydrogen (secondary N) is 2. The summed E-state index contributed by atoms with van der Waals surface area (Å²) >= 11 is 9.57. The Balaban J connectivity index is 1.96. The molecule has 0 aliphatic rings. The number of anilines is 2. The van der Waals surface area contributed by atoms with Crippen LogP contribution in [0.3, 0.4) is 0 Å². The third-order valence-electron chi connectivity index (χ3n) is 4.16. The van der Waals surface area contributed by atoms with Gasteiger partial charge in [-0.05, 0) is 30.7 Å². The Hall–Kier alpha value is -2.20. The number of methoxy groups -OCH3 is 1. The minimum absolute atomic E-state index is 0.0431. The fraction of sp³-hybridized carbons (Fsp3) is 0.263. The van der Waals surface area contributed by atoms with E-state index >= 15 is 4.39 Å². The number of benzene rings is 2. The molecule has 154 valence electrons. The normalized spacial score (nSPS) is 11.1. The molecule has 0 atom stereocenters. The van der Waals surface area contributed by atoms with Gasteiger partial charge in [-0.3, -0.25) is 9.63 Å². The third-order valence-corrected chi connectivity index (χ3v) is 4.96. The van der Waals surface area contributed by atoms with Crippen molar-refractivity contribution in [1.29, 1.82) is 0 Å². The number of carbonyl (C=O) groups is 1. The Bertz CT molecular complexity index is 1040. The van der Waals surface area contributed by atoms with Crippen LogP contribution in [0.25, 0.3) is 11.0 Å². The zero-order valence-corrected chi connectivity index (χ0v) is 18.1. The number of amides is 1. The number of aryl methyl sites for hydroxylation is 1. The van der Waals surface area contributed by atoms with E-state index in [0.717, 1.165) is 4.47 Å². The van der Waals surface area contributed by atoms with Gasteiger partial charge in [0.2, 0.25) is 0 Å². The predicted octanol–water partition coefficient (Wildman–Crippen LogP) is 4.57. The largest absolute Gasteiger partial charge is 0.385 e. The molecule has 0 fully saturated rings. The highest BCUT2D eigenvalue weighted by molar-refractivity contribution is 9.10. The first kappa shape index (κ1) is 21.5. The van der Waals surface area contributed by atoms with E-state index in [1.165, 1.54) is 6.33 Å². The molecule has 0 aliphatic heterocycles. The lowest BCUT2D eigenvalue weighted by Gasteiger charge is -2.15. The molecular formula is C19H19BrClFN4O3. The SMILES string of the molecule is COCCCONC(=O)c1cc2c(ncn2C)c(F)c1Nc1ccc(Br)cc1Cl. The molecule has 0 spiro atoms. The lowest BCUT2D eigenvalue weighted by atomic mass is 10.1. The molecule has 0 aliphatic carbocycles. The summed E-state index contributed by atoms with van der Waals surface area (Å²) in [5, 5.41) is 3.28. The van der Waals surface area contributed by atoms with Crippen molar-refractivity contribution in [2.45, 2.75) is 6.42 Å². The second-order valence-electron chi connectivity index (χ2n) is 6.21. The Morgan fingerprint density at radius 1 is 1.34 bits per heavy atom. The maximum atomic E-state index is 15.3. The van der Waals surface area contributed by atoms with Crippen LogP contribution in [0.2, 0.25) is 5.02 Å². The van der Waals surface area contributed by atoms with E-state index in [-0.39, 0.29) is 23.4 Å². The van der Waals surface area contributed by atoms with Gasteiger partial charge >= 0.3 is 0 Å². The van der Waals surface area contributed by atoms with Gasteiger partial charge in [-0.2, -0.15) is 0 Å². The molecule has 0 radical (unpaired) electrons. The van der Waals surface area contributed by atoms with Gasteiger partial charge in [0.15, 0.2) is 5.82 Å². The molecule has 0 unspecified atom stereocenters. The van der Waals surface area contributed by atoms with Crippen molar-refractivity contribution in [2.75, 3.05) is 25.6 Å². The average molecular weight is 486 g/mol. The number of rotatable bonds is 8. The summed E-state index contributed by atoms with van der Waals surface area (Å²) < 4.78 is 22.6. The van der Waals surface area contributed by atoms with Gasteiger partial charge in [0.25, 0.3) is 5.91 Å². The van der Waals surface area contributed by atoms with Crippen LogP contribution >= 0.6 is 27.5 Å². The van der Waals surface area contributed by atoms with Gasteiger partial charge in [-0.25, -0.2) is 14.9 Å². The molecule has 1 amide bonds. The fourth-order valence-corrected chi connectivity index (χ4v) is 3.42. The molecule has 7 nitrogen and oxygen atoms in total. The molecule has 2 aromatic carbocycles. The first-order valence-electron chi connectivity index (χ1n) is 8.69. The van der Waals surface area contributed by atoms with Crippen molar-refractivity contribution in [1.82, 2.24) is 15.0 Å². The van der Waals surface area contributed by atoms with Crippen molar-refractivity contribution in [2.24, 2.45) is 7.05 Å². The molecule has 10 heteroatoms. The Morgan fingerprint density at radius 3 is 2.86 bits per heavy atom. The summed E-state index contributed by atoms with van der Waals surface area (Å²) in [6, 6.07) is 6.65. The van der Waals surface area contributed by atoms with Crippen molar-refractivity contribution in [3.05, 3.63) is 51.5 Å². The molecule has 0 bridgehead atoms. The van der Waals surface area contributed by atoms with E-state index in [1.54, 1.807) is 43.0 Å². The van der Waals surface area contributed by atoms with Crippen LogP contribution in [-0.4, -0.2) is 35.8 Å². The summed E-state index contributed by atoms with van der Waals surface area (Å²) in [4.78, 5) is 22.0. The number of carbonyl (C=O) groups excluding carboxylic acids is 1. The number of aromatic nitrogens is 2. The van der Waals surface area contributed by atoms with Gasteiger partial charge in [-0.1, -0.05) is 27.5 Å². The maximum absolute atomic E-state index is 15.3. The summed E-state index contributed by atoms with van der Waals surface area (Å²) in [6.45, 7) is 0.762. The monoisotopic (exact) mass is 484 g/mol. The van der Waals surface area contributed by atoms with Crippen molar-refractivity contribution >= 4 is 55.8 Å². The van der Waals surface area contributed by atoms with Crippen molar-refractivity contribution < 1.29 is 18.8 Å². The predicted molar refractivity (Wildman–Crippen MR) is 113 cm³/mol. The Labute approximate surface area is 180 Å². The van der Waals surface area contributed by atoms with Crippen molar-refractivity contribution in [3.8, 4) is 0 Å². The first-order valence-corrected chi connectivity index (χ1v) is 9.86. The lowest BCUT2D eigenvalue weighted by Crippen LogP contribution is -2.25. The van der Waals surface area contributed by atoms with Crippen LogP contribution in [0.4, 0.5) is 15.8 Å². The minimum atomic E-state index is -0.661. The smallest absolute Gasteiger partial charge is 0.277 e. The van der Waals surface area contributed by atoms with Gasteiger partial charge in [0.05, 0.1) is 40.4 Å². The lowest BCUT2D eigenvalue weighted by molar-refractivity contribution is 0.0238. The number of ether oxygens (including phenoxy) is 1. The number of fused-ring (bicyclic) bond motifs is 1. The summed E-state index contributed by atoms with van der Waals surface area (Å²) in [5.41, 5.74) is 3.41. The van der Waals surface area contributed by atoms with Crippen LogP contribution in [0.15, 0.2) is 35.1 Å². The van der Waals surface area contributed by atoms with E-state index in [4.69, 9.17) is 21.2 Å². The van der Waals surface area contributed by atoms with Crippen LogP contribution < -0.4 is 10.8 Å². The van der Waals surface area contributed by atoms with Gasteiger partial charge < -0.3 is 14.6 Å². The molecule has 1 heterocycles. The number of hydrogen-bond acceptors (Lipinski definition) is 5. The van der Waals surface area contributed by atoms with E-state index in [2.05, 4.69) is 31.7 Å². The zero-order chi connectivity index (χ0) is 21.0. The molecule has 2 N–H and O–H groups in total. The number of hydroxylamine groups is 1. The molecule has 3 aromatic rings. The van der Waals surface area contributed by atoms with Crippen LogP contribution in [0.1, 0.15) is 16.8 Å². The van der Waals surface area contributed by atoms with E-state index in [9.17, 15) is 4.79 Å². The zero-order valence-electron chi connectivity index (χ0n) is 15.8. The Kier molecular flexibility index (Phi) is 7.07. The molecule has 29 heavy (non-hydrogen) atoms. The van der Waals surface area contributed by atoms with Crippen LogP contribution in [0, 0.1) is 5.82 Å². The van der Waals surface area contributed by atoms with E-state index < -0.39 is 11.7 Å². The molecule has 0 saturated heterocycles. The van der Waals surface area contributed by atoms with Gasteiger partial charge in [0.1, 0.15) is 5.52 Å². The average Bonchev–Trinajstić information content (AvgIpc) is 3.06. The molecule has 1 aromatic heterocycles. The number of hydrogen-bond donors (Lipinski definition) is 2. The highest BCUT2D eigenvalue weighted by Gasteiger charge is 2.22. The highest BCUT2D eigenvalue weighted by Crippen LogP contribution is 2.34. The number of halogens is 3. The van der Waals surface area contributed by atoms with Crippen LogP contribution in [0.5, 0.6) is 0 Å². The first-order chi connectivity index (χ1) is 13.9. The highest BCUT2D eigenvalue weighted by atomic mass is 79.9. The van der Waals surface area contributed by atoms with Gasteiger partial charge in [0, 0.05) is 25.2 Å². The molecular weight excluding hydrogens is 467 g/mol. The van der Waals surface area contributed by atoms with E-state index in [0.29, 0.717) is 29.3 Å². The quantitative estimate of drug-likeness (QED) is 0.361. The van der Waals surface area contributed by atoms with Crippen molar-refractivity contribution in [3.63, 3.8) is 0 Å². The topological polar surface area (TPSA) is 77.4 Å². The number of nitrogens with zero attached hydrogens (tertiary/aromatic N) is 2. The molecule has 0 saturated carbocycles. The summed E-state index contributed by atoms with van der Waals surface area (Å²) in [6.07, 6.45) is 2.08. The Morgan fingerprint density at radius 2 is 2.14 bits per heavy atom. The third kappa shape index (κ3) is 4.87. The van der Waals surface area contributed by atoms with E-state index in [1.807, 2.05) is 0 Å². The minimum Gasteiger partial charge on any atom is -0.385 e. The standard InChI is InChI=1S/C19H19BrClFN4O3/c1-26-10-23-18-15(26)9-12(19(27)25-29-7-3-6-28-2)17(16(18)22)24-14-5-4-11(20)8-13(14)21/h4-5,8-10,24H,3,6-7H2,1-2H3,(H,25,27).